The minimum absolute atomic E-state index is 0.166. The van der Waals surface area contributed by atoms with Gasteiger partial charge in [-0.25, -0.2) is 13.4 Å². The van der Waals surface area contributed by atoms with Gasteiger partial charge in [-0.05, 0) is 55.7 Å². The quantitative estimate of drug-likeness (QED) is 0.732. The van der Waals surface area contributed by atoms with Crippen molar-refractivity contribution in [2.75, 3.05) is 22.7 Å². The molecule has 25 heavy (non-hydrogen) atoms. The van der Waals surface area contributed by atoms with E-state index in [1.165, 1.54) is 6.07 Å². The van der Waals surface area contributed by atoms with Crippen LogP contribution in [0.5, 0.6) is 0 Å². The summed E-state index contributed by atoms with van der Waals surface area (Å²) < 4.78 is 27.5. The second kappa shape index (κ2) is 8.54. The maximum absolute atomic E-state index is 12.5. The van der Waals surface area contributed by atoms with Crippen molar-refractivity contribution in [1.82, 2.24) is 4.98 Å². The Morgan fingerprint density at radius 2 is 1.80 bits per heavy atom. The van der Waals surface area contributed by atoms with Gasteiger partial charge in [0.2, 0.25) is 0 Å². The van der Waals surface area contributed by atoms with E-state index in [1.807, 2.05) is 6.07 Å². The van der Waals surface area contributed by atoms with Gasteiger partial charge in [-0.15, -0.1) is 0 Å². The molecule has 0 aliphatic carbocycles. The van der Waals surface area contributed by atoms with E-state index in [2.05, 4.69) is 28.5 Å². The third kappa shape index (κ3) is 5.09. The zero-order valence-electron chi connectivity index (χ0n) is 14.8. The van der Waals surface area contributed by atoms with Gasteiger partial charge < -0.3 is 4.90 Å². The zero-order chi connectivity index (χ0) is 18.4. The van der Waals surface area contributed by atoms with Gasteiger partial charge in [0.25, 0.3) is 10.0 Å². The first-order chi connectivity index (χ1) is 11.9. The first-order valence-electron chi connectivity index (χ1n) is 8.37. The molecule has 5 nitrogen and oxygen atoms in total. The van der Waals surface area contributed by atoms with Crippen LogP contribution >= 0.6 is 11.6 Å². The van der Waals surface area contributed by atoms with Gasteiger partial charge in [-0.1, -0.05) is 25.4 Å². The number of hydrogen-bond donors (Lipinski definition) is 1. The summed E-state index contributed by atoms with van der Waals surface area (Å²) in [6.45, 7) is 7.93. The van der Waals surface area contributed by atoms with E-state index >= 15 is 0 Å². The third-order valence-electron chi connectivity index (χ3n) is 3.78. The Kier molecular flexibility index (Phi) is 6.67. The Bertz CT molecular complexity index is 802. The fourth-order valence-corrected chi connectivity index (χ4v) is 3.73. The van der Waals surface area contributed by atoms with Crippen LogP contribution in [-0.2, 0) is 10.0 Å². The summed E-state index contributed by atoms with van der Waals surface area (Å²) in [6.07, 6.45) is 3.80. The van der Waals surface area contributed by atoms with Crippen molar-refractivity contribution in [1.29, 1.82) is 0 Å². The maximum atomic E-state index is 12.5. The molecule has 1 N–H and O–H groups in total. The number of sulfonamides is 1. The van der Waals surface area contributed by atoms with Crippen molar-refractivity contribution in [2.45, 2.75) is 38.5 Å². The SMILES string of the molecule is CCCN(CCC)c1ccc(NS(=O)(=O)c2ccc(Cl)c(C)c2)nc1. The largest absolute Gasteiger partial charge is 0.370 e. The van der Waals surface area contributed by atoms with Gasteiger partial charge in [-0.2, -0.15) is 0 Å². The maximum Gasteiger partial charge on any atom is 0.263 e. The summed E-state index contributed by atoms with van der Waals surface area (Å²) in [4.78, 5) is 6.67. The smallest absolute Gasteiger partial charge is 0.263 e. The number of anilines is 2. The summed E-state index contributed by atoms with van der Waals surface area (Å²) in [6, 6.07) is 8.19. The highest BCUT2D eigenvalue weighted by molar-refractivity contribution is 7.92. The Morgan fingerprint density at radius 3 is 2.32 bits per heavy atom. The molecule has 0 atom stereocenters. The molecule has 1 aromatic carbocycles. The summed E-state index contributed by atoms with van der Waals surface area (Å²) in [5, 5.41) is 0.536. The molecule has 0 unspecified atom stereocenters. The van der Waals surface area contributed by atoms with Crippen LogP contribution in [-0.4, -0.2) is 26.5 Å². The average Bonchev–Trinajstić information content (AvgIpc) is 2.57. The zero-order valence-corrected chi connectivity index (χ0v) is 16.4. The number of aryl methyl sites for hydroxylation is 1. The number of benzene rings is 1. The number of nitrogens with zero attached hydrogens (tertiary/aromatic N) is 2. The fourth-order valence-electron chi connectivity index (χ4n) is 2.52. The second-order valence-electron chi connectivity index (χ2n) is 5.91. The number of halogens is 1. The lowest BCUT2D eigenvalue weighted by atomic mass is 10.2. The highest BCUT2D eigenvalue weighted by Gasteiger charge is 2.16. The van der Waals surface area contributed by atoms with Crippen LogP contribution in [0.2, 0.25) is 5.02 Å². The van der Waals surface area contributed by atoms with Crippen LogP contribution in [0, 0.1) is 6.92 Å². The van der Waals surface area contributed by atoms with E-state index in [1.54, 1.807) is 31.3 Å². The van der Waals surface area contributed by atoms with Crippen molar-refractivity contribution >= 4 is 33.1 Å². The molecule has 0 radical (unpaired) electrons. The highest BCUT2D eigenvalue weighted by Crippen LogP contribution is 2.22. The van der Waals surface area contributed by atoms with E-state index in [4.69, 9.17) is 11.6 Å². The normalized spacial score (nSPS) is 11.4. The number of pyridine rings is 1. The van der Waals surface area contributed by atoms with Crippen LogP contribution in [0.15, 0.2) is 41.4 Å². The van der Waals surface area contributed by atoms with Gasteiger partial charge in [0.1, 0.15) is 5.82 Å². The number of hydrogen-bond acceptors (Lipinski definition) is 4. The second-order valence-corrected chi connectivity index (χ2v) is 7.99. The molecule has 1 aromatic heterocycles. The molecule has 0 saturated carbocycles. The van der Waals surface area contributed by atoms with Crippen molar-refractivity contribution in [2.24, 2.45) is 0 Å². The van der Waals surface area contributed by atoms with E-state index in [0.717, 1.165) is 31.6 Å². The van der Waals surface area contributed by atoms with Gasteiger partial charge in [0, 0.05) is 18.1 Å². The minimum atomic E-state index is -3.69. The molecule has 0 saturated heterocycles. The fraction of sp³-hybridized carbons (Fsp3) is 0.389. The molecule has 1 heterocycles. The first-order valence-corrected chi connectivity index (χ1v) is 10.2. The lowest BCUT2D eigenvalue weighted by molar-refractivity contribution is 0.601. The lowest BCUT2D eigenvalue weighted by Crippen LogP contribution is -2.25. The third-order valence-corrected chi connectivity index (χ3v) is 5.56. The number of aromatic nitrogens is 1. The summed E-state index contributed by atoms with van der Waals surface area (Å²) in [7, 11) is -3.69. The van der Waals surface area contributed by atoms with Crippen LogP contribution in [0.25, 0.3) is 0 Å². The predicted octanol–water partition coefficient (Wildman–Crippen LogP) is 4.47. The van der Waals surface area contributed by atoms with Crippen molar-refractivity contribution < 1.29 is 8.42 Å². The Balaban J connectivity index is 2.18. The molecule has 7 heteroatoms. The van der Waals surface area contributed by atoms with Gasteiger partial charge in [0.05, 0.1) is 16.8 Å². The Labute approximate surface area is 155 Å². The first kappa shape index (κ1) is 19.5. The molecule has 2 aromatic rings. The molecule has 0 aliphatic rings. The molecule has 0 bridgehead atoms. The van der Waals surface area contributed by atoms with Crippen LogP contribution in [0.1, 0.15) is 32.3 Å². The monoisotopic (exact) mass is 381 g/mol. The van der Waals surface area contributed by atoms with Gasteiger partial charge >= 0.3 is 0 Å². The standard InChI is InChI=1S/C18H24ClN3O2S/c1-4-10-22(11-5-2)15-6-9-18(20-13-15)21-25(23,24)16-7-8-17(19)14(3)12-16/h6-9,12-13H,4-5,10-11H2,1-3H3,(H,20,21). The number of nitrogens with one attached hydrogen (secondary N) is 1. The molecule has 0 spiro atoms. The molecule has 0 aliphatic heterocycles. The highest BCUT2D eigenvalue weighted by atomic mass is 35.5. The molecule has 0 fully saturated rings. The predicted molar refractivity (Wildman–Crippen MR) is 104 cm³/mol. The Hall–Kier alpha value is -1.79. The van der Waals surface area contributed by atoms with E-state index in [-0.39, 0.29) is 4.90 Å². The molecule has 136 valence electrons. The summed E-state index contributed by atoms with van der Waals surface area (Å²) >= 11 is 5.96. The molecular weight excluding hydrogens is 358 g/mol. The van der Waals surface area contributed by atoms with E-state index in [9.17, 15) is 8.42 Å². The van der Waals surface area contributed by atoms with Crippen molar-refractivity contribution in [3.8, 4) is 0 Å². The molecular formula is C18H24ClN3O2S. The number of rotatable bonds is 8. The topological polar surface area (TPSA) is 62.3 Å². The van der Waals surface area contributed by atoms with E-state index < -0.39 is 10.0 Å². The summed E-state index contributed by atoms with van der Waals surface area (Å²) in [5.41, 5.74) is 1.71. The van der Waals surface area contributed by atoms with Crippen LogP contribution < -0.4 is 9.62 Å². The van der Waals surface area contributed by atoms with Crippen molar-refractivity contribution in [3.05, 3.63) is 47.1 Å². The van der Waals surface area contributed by atoms with Crippen molar-refractivity contribution in [3.63, 3.8) is 0 Å². The van der Waals surface area contributed by atoms with Gasteiger partial charge in [0.15, 0.2) is 0 Å². The lowest BCUT2D eigenvalue weighted by Gasteiger charge is -2.23. The Morgan fingerprint density at radius 1 is 1.12 bits per heavy atom. The molecule has 0 amide bonds. The van der Waals surface area contributed by atoms with Crippen LogP contribution in [0.3, 0.4) is 0 Å². The summed E-state index contributed by atoms with van der Waals surface area (Å²) in [5.74, 6) is 0.296. The van der Waals surface area contributed by atoms with E-state index in [0.29, 0.717) is 16.4 Å². The minimum Gasteiger partial charge on any atom is -0.370 e. The average molecular weight is 382 g/mol. The molecule has 2 rings (SSSR count). The van der Waals surface area contributed by atoms with Gasteiger partial charge in [-0.3, -0.25) is 4.72 Å². The van der Waals surface area contributed by atoms with Crippen LogP contribution in [0.4, 0.5) is 11.5 Å².